The summed E-state index contributed by atoms with van der Waals surface area (Å²) < 4.78 is 24.8. The largest absolute Gasteiger partial charge is 0.497 e. The van der Waals surface area contributed by atoms with Crippen molar-refractivity contribution in [3.05, 3.63) is 86.1 Å². The number of carboxylic acid groups (broad SMARTS) is 1. The number of rotatable bonds is 7. The number of carbonyl (C=O) groups is 2. The van der Waals surface area contributed by atoms with Gasteiger partial charge in [0, 0.05) is 17.2 Å². The van der Waals surface area contributed by atoms with E-state index in [1.54, 1.807) is 26.0 Å². The Labute approximate surface area is 199 Å². The van der Waals surface area contributed by atoms with Crippen LogP contribution in [0.25, 0.3) is 0 Å². The molecule has 0 saturated heterocycles. The molecule has 3 aromatic rings. The minimum Gasteiger partial charge on any atom is -0.497 e. The highest BCUT2D eigenvalue weighted by atomic mass is 35.5. The van der Waals surface area contributed by atoms with Crippen LogP contribution in [0.3, 0.4) is 0 Å². The predicted molar refractivity (Wildman–Crippen MR) is 123 cm³/mol. The number of hydrogen-bond donors (Lipinski definition) is 2. The van der Waals surface area contributed by atoms with Crippen molar-refractivity contribution in [3.63, 3.8) is 0 Å². The molecule has 1 unspecified atom stereocenters. The van der Waals surface area contributed by atoms with Gasteiger partial charge >= 0.3 is 5.97 Å². The fourth-order valence-corrected chi connectivity index (χ4v) is 3.90. The van der Waals surface area contributed by atoms with E-state index in [1.807, 2.05) is 0 Å². The van der Waals surface area contributed by atoms with Gasteiger partial charge in [-0.05, 0) is 66.9 Å². The molecule has 6 nitrogen and oxygen atoms in total. The van der Waals surface area contributed by atoms with Gasteiger partial charge < -0.3 is 20.3 Å². The van der Waals surface area contributed by atoms with Crippen molar-refractivity contribution >= 4 is 35.0 Å². The predicted octanol–water partition coefficient (Wildman–Crippen LogP) is 5.87. The molecule has 0 amide bonds. The van der Waals surface area contributed by atoms with Crippen molar-refractivity contribution in [2.75, 3.05) is 7.11 Å². The second-order valence-corrected chi connectivity index (χ2v) is 8.19. The fraction of sp³-hybridized carbons (Fsp3) is 0.167. The van der Waals surface area contributed by atoms with E-state index in [9.17, 15) is 14.0 Å². The number of ketones is 1. The maximum atomic E-state index is 13.8. The quantitative estimate of drug-likeness (QED) is 0.401. The van der Waals surface area contributed by atoms with Gasteiger partial charge in [-0.2, -0.15) is 0 Å². The summed E-state index contributed by atoms with van der Waals surface area (Å²) in [6, 6.07) is 8.47. The zero-order valence-corrected chi connectivity index (χ0v) is 19.4. The number of aryl methyl sites for hydroxylation is 2. The molecule has 33 heavy (non-hydrogen) atoms. The number of carbonyl (C=O) groups excluding carboxylic acids is 1. The van der Waals surface area contributed by atoms with E-state index in [0.29, 0.717) is 22.4 Å². The molecule has 0 spiro atoms. The summed E-state index contributed by atoms with van der Waals surface area (Å²) in [6.45, 7) is 3.48. The van der Waals surface area contributed by atoms with Gasteiger partial charge in [0.2, 0.25) is 0 Å². The maximum absolute atomic E-state index is 13.8. The molecule has 0 heterocycles. The van der Waals surface area contributed by atoms with Crippen molar-refractivity contribution in [2.24, 2.45) is 5.73 Å². The topological polar surface area (TPSA) is 98.9 Å². The van der Waals surface area contributed by atoms with Gasteiger partial charge in [0.25, 0.3) is 0 Å². The summed E-state index contributed by atoms with van der Waals surface area (Å²) in [5.74, 6) is -1.40. The SMILES string of the molecule is COc1cc(F)cc(C(=O)c2cc(C)c(Oc3c(Cl)cc(C(N)C(=O)O)cc3Cl)c(C)c2)c1. The van der Waals surface area contributed by atoms with E-state index in [4.69, 9.17) is 43.5 Å². The number of nitrogens with two attached hydrogens (primary N) is 1. The lowest BCUT2D eigenvalue weighted by atomic mass is 9.98. The minimum absolute atomic E-state index is 0.0833. The highest BCUT2D eigenvalue weighted by molar-refractivity contribution is 6.37. The lowest BCUT2D eigenvalue weighted by Crippen LogP contribution is -2.20. The van der Waals surface area contributed by atoms with E-state index in [0.717, 1.165) is 6.07 Å². The average molecular weight is 492 g/mol. The Hall–Kier alpha value is -3.13. The molecular formula is C24H20Cl2FNO5. The van der Waals surface area contributed by atoms with Crippen molar-refractivity contribution < 1.29 is 28.6 Å². The van der Waals surface area contributed by atoms with Crippen LogP contribution in [-0.2, 0) is 4.79 Å². The molecule has 0 bridgehead atoms. The third-order valence-electron chi connectivity index (χ3n) is 4.94. The van der Waals surface area contributed by atoms with Crippen molar-refractivity contribution in [3.8, 4) is 17.2 Å². The number of methoxy groups -OCH3 is 1. The third kappa shape index (κ3) is 5.27. The summed E-state index contributed by atoms with van der Waals surface area (Å²) in [5.41, 5.74) is 7.56. The number of aliphatic carboxylic acids is 1. The van der Waals surface area contributed by atoms with E-state index in [1.165, 1.54) is 31.4 Å². The van der Waals surface area contributed by atoms with Crippen LogP contribution in [0.1, 0.15) is 38.7 Å². The number of carboxylic acids is 1. The Bertz CT molecular complexity index is 1220. The summed E-state index contributed by atoms with van der Waals surface area (Å²) in [4.78, 5) is 24.1. The minimum atomic E-state index is -1.29. The van der Waals surface area contributed by atoms with Crippen LogP contribution in [0.2, 0.25) is 10.0 Å². The van der Waals surface area contributed by atoms with Crippen LogP contribution in [-0.4, -0.2) is 24.0 Å². The molecule has 0 aliphatic rings. The molecule has 0 aliphatic heterocycles. The highest BCUT2D eigenvalue weighted by Crippen LogP contribution is 2.40. The Morgan fingerprint density at radius 1 is 0.939 bits per heavy atom. The first kappa shape index (κ1) is 24.5. The maximum Gasteiger partial charge on any atom is 0.325 e. The van der Waals surface area contributed by atoms with Gasteiger partial charge in [-0.15, -0.1) is 0 Å². The highest BCUT2D eigenvalue weighted by Gasteiger charge is 2.21. The molecule has 0 aromatic heterocycles. The summed E-state index contributed by atoms with van der Waals surface area (Å²) >= 11 is 12.6. The Morgan fingerprint density at radius 2 is 1.48 bits per heavy atom. The van der Waals surface area contributed by atoms with E-state index in [2.05, 4.69) is 0 Å². The summed E-state index contributed by atoms with van der Waals surface area (Å²) in [6.07, 6.45) is 0. The molecule has 0 saturated carbocycles. The standard InChI is InChI=1S/C24H20Cl2FNO5/c1-11-4-14(21(29)15-6-16(27)10-17(7-15)32-3)5-12(2)22(11)33-23-18(25)8-13(9-19(23)26)20(28)24(30)31/h4-10,20H,28H2,1-3H3,(H,30,31). The zero-order valence-electron chi connectivity index (χ0n) is 17.9. The molecule has 9 heteroatoms. The molecular weight excluding hydrogens is 472 g/mol. The van der Waals surface area contributed by atoms with Gasteiger partial charge in [-0.3, -0.25) is 9.59 Å². The fourth-order valence-electron chi connectivity index (χ4n) is 3.32. The average Bonchev–Trinajstić information content (AvgIpc) is 2.75. The first-order valence-corrected chi connectivity index (χ1v) is 10.4. The van der Waals surface area contributed by atoms with Crippen LogP contribution >= 0.6 is 23.2 Å². The van der Waals surface area contributed by atoms with E-state index >= 15 is 0 Å². The smallest absolute Gasteiger partial charge is 0.325 e. The van der Waals surface area contributed by atoms with Crippen LogP contribution in [0.4, 0.5) is 4.39 Å². The molecule has 0 radical (unpaired) electrons. The Balaban J connectivity index is 1.95. The molecule has 0 aliphatic carbocycles. The first-order valence-electron chi connectivity index (χ1n) is 9.67. The summed E-state index contributed by atoms with van der Waals surface area (Å²) in [5, 5.41) is 9.26. The molecule has 172 valence electrons. The molecule has 0 fully saturated rings. The van der Waals surface area contributed by atoms with Crippen LogP contribution in [0.15, 0.2) is 42.5 Å². The van der Waals surface area contributed by atoms with Crippen LogP contribution in [0.5, 0.6) is 17.2 Å². The van der Waals surface area contributed by atoms with Gasteiger partial charge in [0.1, 0.15) is 23.4 Å². The monoisotopic (exact) mass is 491 g/mol. The second kappa shape index (κ2) is 9.79. The van der Waals surface area contributed by atoms with Gasteiger partial charge in [0.15, 0.2) is 11.5 Å². The molecule has 3 rings (SSSR count). The first-order chi connectivity index (χ1) is 15.5. The second-order valence-electron chi connectivity index (χ2n) is 7.38. The van der Waals surface area contributed by atoms with E-state index in [-0.39, 0.29) is 38.5 Å². The molecule has 1 atom stereocenters. The molecule has 3 aromatic carbocycles. The summed E-state index contributed by atoms with van der Waals surface area (Å²) in [7, 11) is 1.39. The Morgan fingerprint density at radius 3 is 2.00 bits per heavy atom. The lowest BCUT2D eigenvalue weighted by molar-refractivity contribution is -0.138. The molecule has 3 N–H and O–H groups in total. The number of ether oxygens (including phenoxy) is 2. The Kier molecular flexibility index (Phi) is 7.27. The van der Waals surface area contributed by atoms with Crippen molar-refractivity contribution in [1.82, 2.24) is 0 Å². The normalized spacial score (nSPS) is 11.7. The number of benzene rings is 3. The van der Waals surface area contributed by atoms with Crippen molar-refractivity contribution in [1.29, 1.82) is 0 Å². The number of hydrogen-bond acceptors (Lipinski definition) is 5. The van der Waals surface area contributed by atoms with E-state index < -0.39 is 17.8 Å². The van der Waals surface area contributed by atoms with Gasteiger partial charge in [-0.25, -0.2) is 4.39 Å². The van der Waals surface area contributed by atoms with Crippen LogP contribution < -0.4 is 15.2 Å². The van der Waals surface area contributed by atoms with Crippen LogP contribution in [0, 0.1) is 19.7 Å². The van der Waals surface area contributed by atoms with Gasteiger partial charge in [0.05, 0.1) is 17.2 Å². The van der Waals surface area contributed by atoms with Gasteiger partial charge in [-0.1, -0.05) is 23.2 Å². The van der Waals surface area contributed by atoms with Crippen molar-refractivity contribution in [2.45, 2.75) is 19.9 Å². The lowest BCUT2D eigenvalue weighted by Gasteiger charge is -2.17. The third-order valence-corrected chi connectivity index (χ3v) is 5.50. The number of halogens is 3. The zero-order chi connectivity index (χ0) is 24.4.